The molecule has 0 aliphatic rings. The second-order valence-corrected chi connectivity index (χ2v) is 4.64. The molecule has 4 N–H and O–H groups in total. The number of carbonyl (C=O) groups excluding carboxylic acids is 1. The van der Waals surface area contributed by atoms with Crippen LogP contribution in [-0.2, 0) is 6.54 Å². The molecule has 0 saturated heterocycles. The van der Waals surface area contributed by atoms with Crippen molar-refractivity contribution >= 4 is 11.6 Å². The molecule has 0 aliphatic carbocycles. The summed E-state index contributed by atoms with van der Waals surface area (Å²) < 4.78 is 5.26. The van der Waals surface area contributed by atoms with Crippen LogP contribution in [0.15, 0.2) is 36.4 Å². The number of phenolic OH excluding ortho intramolecular Hbond substituents is 1. The summed E-state index contributed by atoms with van der Waals surface area (Å²) in [4.78, 5) is 12.3. The fourth-order valence-corrected chi connectivity index (χ4v) is 2.02. The summed E-state index contributed by atoms with van der Waals surface area (Å²) in [5.74, 6) is 0.333. The fourth-order valence-electron chi connectivity index (χ4n) is 2.02. The Morgan fingerprint density at radius 3 is 2.76 bits per heavy atom. The lowest BCUT2D eigenvalue weighted by molar-refractivity contribution is 0.102. The maximum absolute atomic E-state index is 12.3. The predicted octanol–water partition coefficient (Wildman–Crippen LogP) is 2.42. The Labute approximate surface area is 123 Å². The Bertz CT molecular complexity index is 669. The minimum atomic E-state index is -0.304. The van der Waals surface area contributed by atoms with Crippen molar-refractivity contribution in [1.29, 1.82) is 0 Å². The van der Waals surface area contributed by atoms with Crippen molar-refractivity contribution in [2.45, 2.75) is 13.5 Å². The average Bonchev–Trinajstić information content (AvgIpc) is 2.50. The molecule has 0 radical (unpaired) electrons. The minimum Gasteiger partial charge on any atom is -0.508 e. The van der Waals surface area contributed by atoms with Gasteiger partial charge in [0.15, 0.2) is 0 Å². The zero-order valence-corrected chi connectivity index (χ0v) is 12.0. The third kappa shape index (κ3) is 3.14. The first-order valence-electron chi connectivity index (χ1n) is 6.53. The second kappa shape index (κ2) is 6.28. The molecule has 21 heavy (non-hydrogen) atoms. The number of phenols is 1. The number of anilines is 1. The van der Waals surface area contributed by atoms with Gasteiger partial charge in [-0.25, -0.2) is 0 Å². The van der Waals surface area contributed by atoms with E-state index in [1.54, 1.807) is 37.3 Å². The molecule has 0 saturated carbocycles. The van der Waals surface area contributed by atoms with Gasteiger partial charge in [0, 0.05) is 17.7 Å². The molecule has 0 heterocycles. The standard InChI is InChI=1S/C16H18N2O3/c1-10-12(4-3-5-14(10)19)16(20)18-13-7-6-11(9-17)8-15(13)21-2/h3-8,19H,9,17H2,1-2H3,(H,18,20). The van der Waals surface area contributed by atoms with Gasteiger partial charge < -0.3 is 20.9 Å². The molecule has 5 nitrogen and oxygen atoms in total. The summed E-state index contributed by atoms with van der Waals surface area (Å²) in [6.07, 6.45) is 0. The van der Waals surface area contributed by atoms with Crippen molar-refractivity contribution in [3.63, 3.8) is 0 Å². The van der Waals surface area contributed by atoms with Crippen molar-refractivity contribution in [2.75, 3.05) is 12.4 Å². The van der Waals surface area contributed by atoms with E-state index in [0.29, 0.717) is 29.1 Å². The van der Waals surface area contributed by atoms with Gasteiger partial charge in [-0.05, 0) is 36.8 Å². The van der Waals surface area contributed by atoms with Crippen LogP contribution < -0.4 is 15.8 Å². The second-order valence-electron chi connectivity index (χ2n) is 4.64. The van der Waals surface area contributed by atoms with E-state index in [-0.39, 0.29) is 11.7 Å². The topological polar surface area (TPSA) is 84.6 Å². The summed E-state index contributed by atoms with van der Waals surface area (Å²) in [5.41, 5.74) is 8.01. The number of methoxy groups -OCH3 is 1. The van der Waals surface area contributed by atoms with Crippen LogP contribution in [0.2, 0.25) is 0 Å². The molecule has 0 spiro atoms. The number of ether oxygens (including phenoxy) is 1. The predicted molar refractivity (Wildman–Crippen MR) is 81.7 cm³/mol. The fraction of sp³-hybridized carbons (Fsp3) is 0.188. The third-order valence-corrected chi connectivity index (χ3v) is 3.30. The van der Waals surface area contributed by atoms with Crippen LogP contribution in [0, 0.1) is 6.92 Å². The third-order valence-electron chi connectivity index (χ3n) is 3.30. The van der Waals surface area contributed by atoms with E-state index in [2.05, 4.69) is 5.32 Å². The largest absolute Gasteiger partial charge is 0.508 e. The maximum atomic E-state index is 12.3. The summed E-state index contributed by atoms with van der Waals surface area (Å²) in [5, 5.41) is 12.4. The van der Waals surface area contributed by atoms with E-state index in [4.69, 9.17) is 10.5 Å². The molecule has 0 atom stereocenters. The number of rotatable bonds is 4. The van der Waals surface area contributed by atoms with Gasteiger partial charge in [0.25, 0.3) is 5.91 Å². The number of hydrogen-bond donors (Lipinski definition) is 3. The summed E-state index contributed by atoms with van der Waals surface area (Å²) in [6.45, 7) is 2.09. The van der Waals surface area contributed by atoms with Crippen molar-refractivity contribution < 1.29 is 14.6 Å². The molecular weight excluding hydrogens is 268 g/mol. The normalized spacial score (nSPS) is 10.2. The molecule has 0 unspecified atom stereocenters. The van der Waals surface area contributed by atoms with E-state index in [9.17, 15) is 9.90 Å². The zero-order chi connectivity index (χ0) is 15.4. The van der Waals surface area contributed by atoms with Gasteiger partial charge >= 0.3 is 0 Å². The molecule has 0 aromatic heterocycles. The highest BCUT2D eigenvalue weighted by Crippen LogP contribution is 2.27. The number of nitrogens with two attached hydrogens (primary N) is 1. The number of carbonyl (C=O) groups is 1. The monoisotopic (exact) mass is 286 g/mol. The van der Waals surface area contributed by atoms with E-state index >= 15 is 0 Å². The Morgan fingerprint density at radius 1 is 1.33 bits per heavy atom. The highest BCUT2D eigenvalue weighted by molar-refractivity contribution is 6.06. The maximum Gasteiger partial charge on any atom is 0.256 e. The number of amides is 1. The zero-order valence-electron chi connectivity index (χ0n) is 12.0. The summed E-state index contributed by atoms with van der Waals surface area (Å²) in [7, 11) is 1.53. The van der Waals surface area contributed by atoms with Crippen LogP contribution in [-0.4, -0.2) is 18.1 Å². The molecule has 2 aromatic rings. The van der Waals surface area contributed by atoms with Gasteiger partial charge in [-0.2, -0.15) is 0 Å². The molecule has 1 amide bonds. The molecule has 0 bridgehead atoms. The Kier molecular flexibility index (Phi) is 4.45. The minimum absolute atomic E-state index is 0.0908. The number of aromatic hydroxyl groups is 1. The SMILES string of the molecule is COc1cc(CN)ccc1NC(=O)c1cccc(O)c1C. The lowest BCUT2D eigenvalue weighted by Crippen LogP contribution is -2.14. The molecular formula is C16H18N2O3. The molecule has 5 heteroatoms. The van der Waals surface area contributed by atoms with Crippen molar-refractivity contribution in [3.05, 3.63) is 53.1 Å². The smallest absolute Gasteiger partial charge is 0.256 e. The molecule has 110 valence electrons. The van der Waals surface area contributed by atoms with Gasteiger partial charge in [-0.3, -0.25) is 4.79 Å². The van der Waals surface area contributed by atoms with Crippen LogP contribution >= 0.6 is 0 Å². The van der Waals surface area contributed by atoms with Gasteiger partial charge in [-0.15, -0.1) is 0 Å². The Hall–Kier alpha value is -2.53. The highest BCUT2D eigenvalue weighted by atomic mass is 16.5. The van der Waals surface area contributed by atoms with E-state index in [0.717, 1.165) is 5.56 Å². The van der Waals surface area contributed by atoms with Crippen LogP contribution in [0.1, 0.15) is 21.5 Å². The van der Waals surface area contributed by atoms with Gasteiger partial charge in [0.1, 0.15) is 11.5 Å². The quantitative estimate of drug-likeness (QED) is 0.806. The van der Waals surface area contributed by atoms with Gasteiger partial charge in [-0.1, -0.05) is 12.1 Å². The van der Waals surface area contributed by atoms with Gasteiger partial charge in [0.2, 0.25) is 0 Å². The van der Waals surface area contributed by atoms with Crippen molar-refractivity contribution in [2.24, 2.45) is 5.73 Å². The average molecular weight is 286 g/mol. The van der Waals surface area contributed by atoms with E-state index < -0.39 is 0 Å². The molecule has 2 aromatic carbocycles. The lowest BCUT2D eigenvalue weighted by atomic mass is 10.1. The molecule has 0 aliphatic heterocycles. The molecule has 0 fully saturated rings. The van der Waals surface area contributed by atoms with Crippen LogP contribution in [0.25, 0.3) is 0 Å². The van der Waals surface area contributed by atoms with Gasteiger partial charge in [0.05, 0.1) is 12.8 Å². The Balaban J connectivity index is 2.29. The van der Waals surface area contributed by atoms with E-state index in [1.165, 1.54) is 7.11 Å². The van der Waals surface area contributed by atoms with E-state index in [1.807, 2.05) is 6.07 Å². The van der Waals surface area contributed by atoms with Crippen molar-refractivity contribution in [1.82, 2.24) is 0 Å². The highest BCUT2D eigenvalue weighted by Gasteiger charge is 2.13. The van der Waals surface area contributed by atoms with Crippen LogP contribution in [0.5, 0.6) is 11.5 Å². The first kappa shape index (κ1) is 14.9. The van der Waals surface area contributed by atoms with Crippen molar-refractivity contribution in [3.8, 4) is 11.5 Å². The summed E-state index contributed by atoms with van der Waals surface area (Å²) >= 11 is 0. The first-order valence-corrected chi connectivity index (χ1v) is 6.53. The lowest BCUT2D eigenvalue weighted by Gasteiger charge is -2.13. The Morgan fingerprint density at radius 2 is 2.10 bits per heavy atom. The number of nitrogens with one attached hydrogen (secondary N) is 1. The number of benzene rings is 2. The molecule has 2 rings (SSSR count). The number of hydrogen-bond acceptors (Lipinski definition) is 4. The van der Waals surface area contributed by atoms with Crippen LogP contribution in [0.4, 0.5) is 5.69 Å². The van der Waals surface area contributed by atoms with Crippen LogP contribution in [0.3, 0.4) is 0 Å². The summed E-state index contributed by atoms with van der Waals surface area (Å²) in [6, 6.07) is 10.2. The first-order chi connectivity index (χ1) is 10.1.